The highest BCUT2D eigenvalue weighted by Gasteiger charge is 2.41. The van der Waals surface area contributed by atoms with E-state index in [-0.39, 0.29) is 17.2 Å². The molecule has 0 saturated heterocycles. The summed E-state index contributed by atoms with van der Waals surface area (Å²) >= 11 is 1.73. The Morgan fingerprint density at radius 3 is 2.21 bits per heavy atom. The zero-order valence-electron chi connectivity index (χ0n) is 23.7. The Bertz CT molecular complexity index is 1770. The highest BCUT2D eigenvalue weighted by molar-refractivity contribution is 7.99. The average molecular weight is 617 g/mol. The van der Waals surface area contributed by atoms with Crippen molar-refractivity contribution in [1.82, 2.24) is 4.90 Å². The number of anilines is 2. The number of nitrogens with two attached hydrogens (primary N) is 1. The molecule has 0 aliphatic carbocycles. The lowest BCUT2D eigenvalue weighted by atomic mass is 9.90. The monoisotopic (exact) mass is 616 g/mol. The van der Waals surface area contributed by atoms with Crippen LogP contribution in [-0.2, 0) is 14.8 Å². The van der Waals surface area contributed by atoms with Gasteiger partial charge in [-0.1, -0.05) is 44.2 Å². The van der Waals surface area contributed by atoms with Gasteiger partial charge in [-0.15, -0.1) is 11.8 Å². The van der Waals surface area contributed by atoms with Gasteiger partial charge in [-0.2, -0.15) is 0 Å². The number of rotatable bonds is 11. The minimum atomic E-state index is -3.90. The molecule has 4 N–H and O–H groups in total. The van der Waals surface area contributed by atoms with E-state index in [0.29, 0.717) is 28.7 Å². The van der Waals surface area contributed by atoms with Crippen LogP contribution >= 0.6 is 11.8 Å². The first-order valence-electron chi connectivity index (χ1n) is 13.8. The molecular weight excluding hydrogens is 585 g/mol. The van der Waals surface area contributed by atoms with Crippen molar-refractivity contribution >= 4 is 61.7 Å². The van der Waals surface area contributed by atoms with Gasteiger partial charge < -0.3 is 10.6 Å². The van der Waals surface area contributed by atoms with Gasteiger partial charge in [0.15, 0.2) is 0 Å². The van der Waals surface area contributed by atoms with E-state index in [1.54, 1.807) is 30.0 Å². The van der Waals surface area contributed by atoms with Gasteiger partial charge in [0.2, 0.25) is 15.9 Å². The number of carbonyl (C=O) groups excluding carboxylic acids is 3. The molecule has 0 bridgehead atoms. The number of imide groups is 1. The van der Waals surface area contributed by atoms with Crippen LogP contribution in [0, 0.1) is 5.92 Å². The van der Waals surface area contributed by atoms with Crippen molar-refractivity contribution < 1.29 is 22.8 Å². The predicted molar refractivity (Wildman–Crippen MR) is 170 cm³/mol. The van der Waals surface area contributed by atoms with Crippen LogP contribution in [0.1, 0.15) is 41.0 Å². The van der Waals surface area contributed by atoms with Gasteiger partial charge in [0, 0.05) is 50.5 Å². The highest BCUT2D eigenvalue weighted by atomic mass is 32.2. The third kappa shape index (κ3) is 6.58. The fourth-order valence-corrected chi connectivity index (χ4v) is 6.46. The van der Waals surface area contributed by atoms with Gasteiger partial charge >= 0.3 is 0 Å². The Labute approximate surface area is 254 Å². The molecule has 11 heteroatoms. The van der Waals surface area contributed by atoms with Gasteiger partial charge in [0.25, 0.3) is 11.8 Å². The van der Waals surface area contributed by atoms with Crippen LogP contribution in [-0.4, -0.2) is 49.4 Å². The standard InChI is InChI=1S/C32H32N4O5S2/c1-20(2)19-28(30(37)35-21-11-13-23(14-12-21)43(33,40)41)36-31(38)25-10-6-9-24-27(16-15-26(29(24)25)32(36)39)34-17-18-42-22-7-4-3-5-8-22/h3-16,20,28,34H,17-19H2,1-2H3,(H,35,37)(H2,33,40,41)/t28-/m0/s1. The van der Waals surface area contributed by atoms with Crippen molar-refractivity contribution in [3.8, 4) is 0 Å². The minimum absolute atomic E-state index is 0.0152. The Morgan fingerprint density at radius 2 is 1.56 bits per heavy atom. The van der Waals surface area contributed by atoms with Crippen molar-refractivity contribution in [1.29, 1.82) is 0 Å². The SMILES string of the molecule is CC(C)C[C@@H](C(=O)Nc1ccc(S(N)(=O)=O)cc1)N1C(=O)c2cccc3c(NCCSc4ccccc4)ccc(c23)C1=O. The van der Waals surface area contributed by atoms with Crippen molar-refractivity contribution in [2.45, 2.75) is 36.1 Å². The van der Waals surface area contributed by atoms with E-state index >= 15 is 0 Å². The molecule has 0 fully saturated rings. The van der Waals surface area contributed by atoms with Crippen LogP contribution in [0.3, 0.4) is 0 Å². The Kier molecular flexibility index (Phi) is 8.86. The van der Waals surface area contributed by atoms with E-state index < -0.39 is 33.8 Å². The first-order chi connectivity index (χ1) is 20.5. The molecule has 1 aliphatic heterocycles. The van der Waals surface area contributed by atoms with Crippen LogP contribution in [0.15, 0.2) is 94.7 Å². The molecular formula is C32H32N4O5S2. The van der Waals surface area contributed by atoms with Gasteiger partial charge in [0.05, 0.1) is 4.90 Å². The quantitative estimate of drug-likeness (QED) is 0.117. The highest BCUT2D eigenvalue weighted by Crippen LogP contribution is 2.36. The number of hydrogen-bond donors (Lipinski definition) is 3. The molecule has 1 aliphatic rings. The molecule has 3 amide bonds. The molecule has 4 aromatic rings. The van der Waals surface area contributed by atoms with Crippen molar-refractivity contribution in [3.63, 3.8) is 0 Å². The lowest BCUT2D eigenvalue weighted by Gasteiger charge is -2.34. The molecule has 0 saturated carbocycles. The van der Waals surface area contributed by atoms with E-state index in [4.69, 9.17) is 5.14 Å². The van der Waals surface area contributed by atoms with Gasteiger partial charge in [0.1, 0.15) is 6.04 Å². The molecule has 43 heavy (non-hydrogen) atoms. The number of hydrogen-bond acceptors (Lipinski definition) is 7. The third-order valence-corrected chi connectivity index (χ3v) is 9.07. The Morgan fingerprint density at radius 1 is 0.884 bits per heavy atom. The van der Waals surface area contributed by atoms with Crippen LogP contribution < -0.4 is 15.8 Å². The molecule has 1 atom stereocenters. The van der Waals surface area contributed by atoms with Crippen LogP contribution in [0.2, 0.25) is 0 Å². The van der Waals surface area contributed by atoms with E-state index in [1.807, 2.05) is 44.2 Å². The fourth-order valence-electron chi connectivity index (χ4n) is 5.15. The second-order valence-corrected chi connectivity index (χ2v) is 13.4. The summed E-state index contributed by atoms with van der Waals surface area (Å²) in [5, 5.41) is 12.7. The van der Waals surface area contributed by atoms with Gasteiger partial charge in [-0.3, -0.25) is 19.3 Å². The second kappa shape index (κ2) is 12.6. The summed E-state index contributed by atoms with van der Waals surface area (Å²) in [6, 6.07) is 23.3. The summed E-state index contributed by atoms with van der Waals surface area (Å²) < 4.78 is 23.2. The zero-order valence-corrected chi connectivity index (χ0v) is 25.4. The molecule has 5 rings (SSSR count). The Balaban J connectivity index is 1.40. The largest absolute Gasteiger partial charge is 0.384 e. The molecule has 1 heterocycles. The summed E-state index contributed by atoms with van der Waals surface area (Å²) in [7, 11) is -3.90. The third-order valence-electron chi connectivity index (χ3n) is 7.13. The minimum Gasteiger partial charge on any atom is -0.384 e. The average Bonchev–Trinajstić information content (AvgIpc) is 2.98. The summed E-state index contributed by atoms with van der Waals surface area (Å²) in [6.07, 6.45) is 0.239. The first-order valence-corrected chi connectivity index (χ1v) is 16.4. The smallest absolute Gasteiger partial charge is 0.262 e. The zero-order chi connectivity index (χ0) is 30.7. The Hall–Kier alpha value is -4.19. The summed E-state index contributed by atoms with van der Waals surface area (Å²) in [6.45, 7) is 4.49. The van der Waals surface area contributed by atoms with Gasteiger partial charge in [-0.05, 0) is 66.9 Å². The topological polar surface area (TPSA) is 139 Å². The lowest BCUT2D eigenvalue weighted by molar-refractivity contribution is -0.120. The second-order valence-electron chi connectivity index (χ2n) is 10.7. The summed E-state index contributed by atoms with van der Waals surface area (Å²) in [5.74, 6) is -0.812. The molecule has 222 valence electrons. The number of carbonyl (C=O) groups is 3. The number of nitrogens with zero attached hydrogens (tertiary/aromatic N) is 1. The maximum absolute atomic E-state index is 13.9. The molecule has 0 aromatic heterocycles. The van der Waals surface area contributed by atoms with Crippen molar-refractivity contribution in [2.75, 3.05) is 22.9 Å². The summed E-state index contributed by atoms with van der Waals surface area (Å²) in [4.78, 5) is 43.5. The molecule has 0 unspecified atom stereocenters. The predicted octanol–water partition coefficient (Wildman–Crippen LogP) is 5.34. The molecule has 9 nitrogen and oxygen atoms in total. The number of benzene rings is 4. The van der Waals surface area contributed by atoms with E-state index in [0.717, 1.165) is 21.7 Å². The molecule has 4 aromatic carbocycles. The number of sulfonamides is 1. The number of amides is 3. The normalized spacial score (nSPS) is 13.8. The maximum atomic E-state index is 13.9. The van der Waals surface area contributed by atoms with Crippen LogP contribution in [0.5, 0.6) is 0 Å². The van der Waals surface area contributed by atoms with E-state index in [1.165, 1.54) is 29.2 Å². The summed E-state index contributed by atoms with van der Waals surface area (Å²) in [5.41, 5.74) is 1.84. The fraction of sp³-hybridized carbons (Fsp3) is 0.219. The number of thioether (sulfide) groups is 1. The van der Waals surface area contributed by atoms with Crippen molar-refractivity contribution in [3.05, 3.63) is 96.1 Å². The number of primary sulfonamides is 1. The van der Waals surface area contributed by atoms with Gasteiger partial charge in [-0.25, -0.2) is 13.6 Å². The lowest BCUT2D eigenvalue weighted by Crippen LogP contribution is -2.52. The maximum Gasteiger partial charge on any atom is 0.262 e. The van der Waals surface area contributed by atoms with E-state index in [2.05, 4.69) is 22.8 Å². The van der Waals surface area contributed by atoms with Crippen molar-refractivity contribution in [2.24, 2.45) is 11.1 Å². The number of nitrogens with one attached hydrogen (secondary N) is 2. The van der Waals surface area contributed by atoms with Crippen LogP contribution in [0.25, 0.3) is 10.8 Å². The van der Waals surface area contributed by atoms with E-state index in [9.17, 15) is 22.8 Å². The van der Waals surface area contributed by atoms with Crippen LogP contribution in [0.4, 0.5) is 11.4 Å². The molecule has 0 radical (unpaired) electrons. The first kappa shape index (κ1) is 30.3. The molecule has 0 spiro atoms.